The van der Waals surface area contributed by atoms with Gasteiger partial charge < -0.3 is 14.2 Å². The molecular formula is C17H15FO5. The number of carbonyl (C=O) groups is 2. The molecule has 2 aromatic carbocycles. The number of benzene rings is 2. The highest BCUT2D eigenvalue weighted by atomic mass is 19.1. The fourth-order valence-electron chi connectivity index (χ4n) is 1.89. The van der Waals surface area contributed by atoms with Gasteiger partial charge in [-0.2, -0.15) is 0 Å². The van der Waals surface area contributed by atoms with E-state index >= 15 is 0 Å². The fraction of sp³-hybridized carbons (Fsp3) is 0.176. The molecule has 23 heavy (non-hydrogen) atoms. The fourth-order valence-corrected chi connectivity index (χ4v) is 1.89. The van der Waals surface area contributed by atoms with Crippen molar-refractivity contribution in [2.45, 2.75) is 13.5 Å². The molecule has 0 aromatic heterocycles. The lowest BCUT2D eigenvalue weighted by Crippen LogP contribution is -2.13. The first kappa shape index (κ1) is 16.6. The van der Waals surface area contributed by atoms with Crippen molar-refractivity contribution < 1.29 is 28.2 Å². The first-order chi connectivity index (χ1) is 11.0. The summed E-state index contributed by atoms with van der Waals surface area (Å²) in [5.74, 6) is -1.84. The van der Waals surface area contributed by atoms with E-state index in [0.717, 1.165) is 17.7 Å². The average Bonchev–Trinajstić information content (AvgIpc) is 2.51. The second-order valence-electron chi connectivity index (χ2n) is 4.70. The molecule has 5 nitrogen and oxygen atoms in total. The highest BCUT2D eigenvalue weighted by molar-refractivity contribution is 5.94. The molecule has 0 radical (unpaired) electrons. The van der Waals surface area contributed by atoms with Gasteiger partial charge in [0.1, 0.15) is 22.9 Å². The SMILES string of the molecule is COCc1ccc(OC(=O)c2cc(F)ccc2OC(C)=O)cc1. The van der Waals surface area contributed by atoms with Crippen LogP contribution in [-0.2, 0) is 16.1 Å². The molecule has 6 heteroatoms. The van der Waals surface area contributed by atoms with Crippen LogP contribution in [-0.4, -0.2) is 19.0 Å². The van der Waals surface area contributed by atoms with Crippen LogP contribution in [0.3, 0.4) is 0 Å². The summed E-state index contributed by atoms with van der Waals surface area (Å²) in [5.41, 5.74) is 0.750. The Morgan fingerprint density at radius 1 is 1.04 bits per heavy atom. The minimum Gasteiger partial charge on any atom is -0.426 e. The van der Waals surface area contributed by atoms with E-state index in [9.17, 15) is 14.0 Å². The van der Waals surface area contributed by atoms with Crippen LogP contribution in [0.5, 0.6) is 11.5 Å². The van der Waals surface area contributed by atoms with Gasteiger partial charge in [-0.1, -0.05) is 12.1 Å². The van der Waals surface area contributed by atoms with Crippen molar-refractivity contribution in [3.05, 3.63) is 59.4 Å². The minimum atomic E-state index is -0.819. The van der Waals surface area contributed by atoms with E-state index in [1.807, 2.05) is 0 Å². The smallest absolute Gasteiger partial charge is 0.347 e. The topological polar surface area (TPSA) is 61.8 Å². The molecule has 0 saturated heterocycles. The Labute approximate surface area is 132 Å². The van der Waals surface area contributed by atoms with Gasteiger partial charge in [-0.15, -0.1) is 0 Å². The second kappa shape index (κ2) is 7.51. The Morgan fingerprint density at radius 3 is 2.35 bits per heavy atom. The highest BCUT2D eigenvalue weighted by Gasteiger charge is 2.17. The number of hydrogen-bond acceptors (Lipinski definition) is 5. The second-order valence-corrected chi connectivity index (χ2v) is 4.70. The molecule has 0 saturated carbocycles. The van der Waals surface area contributed by atoms with E-state index in [-0.39, 0.29) is 17.1 Å². The van der Waals surface area contributed by atoms with Crippen molar-refractivity contribution in [3.8, 4) is 11.5 Å². The van der Waals surface area contributed by atoms with Gasteiger partial charge in [-0.3, -0.25) is 4.79 Å². The number of hydrogen-bond donors (Lipinski definition) is 0. The Morgan fingerprint density at radius 2 is 1.74 bits per heavy atom. The molecule has 0 N–H and O–H groups in total. The molecule has 2 aromatic rings. The van der Waals surface area contributed by atoms with E-state index in [0.29, 0.717) is 6.61 Å². The van der Waals surface area contributed by atoms with Crippen LogP contribution in [0.15, 0.2) is 42.5 Å². The summed E-state index contributed by atoms with van der Waals surface area (Å²) in [6, 6.07) is 9.92. The summed E-state index contributed by atoms with van der Waals surface area (Å²) in [7, 11) is 1.58. The number of ether oxygens (including phenoxy) is 3. The van der Waals surface area contributed by atoms with E-state index in [1.165, 1.54) is 13.0 Å². The van der Waals surface area contributed by atoms with Crippen LogP contribution in [0.1, 0.15) is 22.8 Å². The van der Waals surface area contributed by atoms with Crippen LogP contribution >= 0.6 is 0 Å². The number of methoxy groups -OCH3 is 1. The summed E-state index contributed by atoms with van der Waals surface area (Å²) in [5, 5.41) is 0. The predicted molar refractivity (Wildman–Crippen MR) is 79.8 cm³/mol. The molecule has 0 unspecified atom stereocenters. The Kier molecular flexibility index (Phi) is 5.43. The lowest BCUT2D eigenvalue weighted by atomic mass is 10.2. The van der Waals surface area contributed by atoms with E-state index in [4.69, 9.17) is 14.2 Å². The van der Waals surface area contributed by atoms with Crippen LogP contribution in [0.25, 0.3) is 0 Å². The molecule has 120 valence electrons. The molecule has 0 fully saturated rings. The zero-order valence-corrected chi connectivity index (χ0v) is 12.7. The van der Waals surface area contributed by atoms with Crippen LogP contribution in [0.4, 0.5) is 4.39 Å². The van der Waals surface area contributed by atoms with E-state index in [2.05, 4.69) is 0 Å². The summed E-state index contributed by atoms with van der Waals surface area (Å²) >= 11 is 0. The molecule has 0 heterocycles. The predicted octanol–water partition coefficient (Wildman–Crippen LogP) is 3.12. The van der Waals surface area contributed by atoms with Gasteiger partial charge in [0.05, 0.1) is 6.61 Å². The zero-order chi connectivity index (χ0) is 16.8. The van der Waals surface area contributed by atoms with Crippen LogP contribution < -0.4 is 9.47 Å². The minimum absolute atomic E-state index is 0.0556. The van der Waals surface area contributed by atoms with Crippen molar-refractivity contribution >= 4 is 11.9 Å². The third-order valence-electron chi connectivity index (χ3n) is 2.86. The van der Waals surface area contributed by atoms with Crippen molar-refractivity contribution in [1.82, 2.24) is 0 Å². The van der Waals surface area contributed by atoms with Gasteiger partial charge in [0.2, 0.25) is 0 Å². The molecule has 0 aliphatic rings. The standard InChI is InChI=1S/C17H15FO5/c1-11(19)22-16-8-5-13(18)9-15(16)17(20)23-14-6-3-12(4-7-14)10-21-2/h3-9H,10H2,1-2H3. The van der Waals surface area contributed by atoms with Gasteiger partial charge in [-0.05, 0) is 35.9 Å². The number of rotatable bonds is 5. The normalized spacial score (nSPS) is 10.2. The van der Waals surface area contributed by atoms with Crippen molar-refractivity contribution in [2.24, 2.45) is 0 Å². The maximum Gasteiger partial charge on any atom is 0.347 e. The monoisotopic (exact) mass is 318 g/mol. The van der Waals surface area contributed by atoms with Crippen LogP contribution in [0, 0.1) is 5.82 Å². The third kappa shape index (κ3) is 4.62. The Hall–Kier alpha value is -2.73. The quantitative estimate of drug-likeness (QED) is 0.626. The molecule has 0 atom stereocenters. The van der Waals surface area contributed by atoms with Crippen LogP contribution in [0.2, 0.25) is 0 Å². The highest BCUT2D eigenvalue weighted by Crippen LogP contribution is 2.23. The lowest BCUT2D eigenvalue weighted by Gasteiger charge is -2.09. The molecule has 0 aliphatic heterocycles. The summed E-state index contributed by atoms with van der Waals surface area (Å²) in [6.07, 6.45) is 0. The molecule has 0 spiro atoms. The molecule has 2 rings (SSSR count). The first-order valence-corrected chi connectivity index (χ1v) is 6.77. The van der Waals surface area contributed by atoms with Gasteiger partial charge in [0.25, 0.3) is 0 Å². The average molecular weight is 318 g/mol. The maximum atomic E-state index is 13.4. The largest absolute Gasteiger partial charge is 0.426 e. The Balaban J connectivity index is 2.19. The van der Waals surface area contributed by atoms with Gasteiger partial charge in [0.15, 0.2) is 0 Å². The summed E-state index contributed by atoms with van der Waals surface area (Å²) in [6.45, 7) is 1.63. The van der Waals surface area contributed by atoms with E-state index in [1.54, 1.807) is 31.4 Å². The molecular weight excluding hydrogens is 303 g/mol. The van der Waals surface area contributed by atoms with Gasteiger partial charge >= 0.3 is 11.9 Å². The van der Waals surface area contributed by atoms with Crippen molar-refractivity contribution in [1.29, 1.82) is 0 Å². The van der Waals surface area contributed by atoms with Gasteiger partial charge in [-0.25, -0.2) is 9.18 Å². The van der Waals surface area contributed by atoms with Crippen molar-refractivity contribution in [2.75, 3.05) is 7.11 Å². The first-order valence-electron chi connectivity index (χ1n) is 6.77. The maximum absolute atomic E-state index is 13.4. The molecule has 0 amide bonds. The third-order valence-corrected chi connectivity index (χ3v) is 2.86. The lowest BCUT2D eigenvalue weighted by molar-refractivity contribution is -0.131. The number of carbonyl (C=O) groups excluding carboxylic acids is 2. The molecule has 0 aliphatic carbocycles. The van der Waals surface area contributed by atoms with E-state index < -0.39 is 17.8 Å². The summed E-state index contributed by atoms with van der Waals surface area (Å²) in [4.78, 5) is 23.2. The van der Waals surface area contributed by atoms with Gasteiger partial charge in [0, 0.05) is 14.0 Å². The summed E-state index contributed by atoms with van der Waals surface area (Å²) < 4.78 is 28.4. The Bertz CT molecular complexity index is 709. The number of esters is 2. The van der Waals surface area contributed by atoms with Crippen molar-refractivity contribution in [3.63, 3.8) is 0 Å². The number of halogens is 1. The molecule has 0 bridgehead atoms. The zero-order valence-electron chi connectivity index (χ0n) is 12.7.